The maximum absolute atomic E-state index is 11.1. The highest BCUT2D eigenvalue weighted by atomic mass is 16.7. The topological polar surface area (TPSA) is 99.4 Å². The minimum absolute atomic E-state index is 0.201. The molecule has 1 aromatic carbocycles. The average Bonchev–Trinajstić information content (AvgIpc) is 3.03. The predicted molar refractivity (Wildman–Crippen MR) is 88.3 cm³/mol. The molecular formula is C19H26O6. The zero-order chi connectivity index (χ0) is 18.5. The van der Waals surface area contributed by atoms with Crippen molar-refractivity contribution >= 4 is 0 Å². The molecule has 2 aliphatic carbocycles. The van der Waals surface area contributed by atoms with Crippen LogP contribution in [0.25, 0.3) is 0 Å². The number of ether oxygens (including phenoxy) is 2. The number of hydrogen-bond donors (Lipinski definition) is 4. The van der Waals surface area contributed by atoms with Crippen LogP contribution in [-0.2, 0) is 16.1 Å². The van der Waals surface area contributed by atoms with E-state index in [0.29, 0.717) is 0 Å². The second kappa shape index (κ2) is 4.63. The van der Waals surface area contributed by atoms with E-state index in [4.69, 9.17) is 9.47 Å². The molecule has 25 heavy (non-hydrogen) atoms. The van der Waals surface area contributed by atoms with Gasteiger partial charge in [0.15, 0.2) is 5.60 Å². The van der Waals surface area contributed by atoms with Crippen LogP contribution in [0.1, 0.15) is 33.3 Å². The van der Waals surface area contributed by atoms with Crippen molar-refractivity contribution in [3.8, 4) is 0 Å². The van der Waals surface area contributed by atoms with Crippen LogP contribution in [-0.4, -0.2) is 55.7 Å². The Kier molecular flexibility index (Phi) is 3.22. The van der Waals surface area contributed by atoms with Gasteiger partial charge in [-0.25, -0.2) is 0 Å². The van der Waals surface area contributed by atoms with Crippen LogP contribution in [0.5, 0.6) is 0 Å². The lowest BCUT2D eigenvalue weighted by Gasteiger charge is -2.33. The molecule has 0 bridgehead atoms. The second-order valence-electron chi connectivity index (χ2n) is 8.74. The van der Waals surface area contributed by atoms with Gasteiger partial charge in [0.2, 0.25) is 5.79 Å². The lowest BCUT2D eigenvalue weighted by atomic mass is 9.90. The first kappa shape index (κ1) is 17.4. The Labute approximate surface area is 147 Å². The molecule has 2 unspecified atom stereocenters. The molecule has 6 heteroatoms. The Morgan fingerprint density at radius 1 is 1.04 bits per heavy atom. The van der Waals surface area contributed by atoms with Gasteiger partial charge in [-0.15, -0.1) is 0 Å². The molecule has 4 N–H and O–H groups in total. The number of aliphatic hydroxyl groups excluding tert-OH is 1. The van der Waals surface area contributed by atoms with Gasteiger partial charge in [-0.05, 0) is 5.56 Å². The van der Waals surface area contributed by atoms with Crippen molar-refractivity contribution in [2.24, 2.45) is 10.8 Å². The molecule has 6 atom stereocenters. The lowest BCUT2D eigenvalue weighted by Crippen LogP contribution is -2.50. The largest absolute Gasteiger partial charge is 0.389 e. The molecule has 1 saturated heterocycles. The summed E-state index contributed by atoms with van der Waals surface area (Å²) in [5.74, 6) is -1.81. The van der Waals surface area contributed by atoms with Gasteiger partial charge in [0, 0.05) is 5.41 Å². The Bertz CT molecular complexity index is 703. The molecule has 4 rings (SSSR count). The Morgan fingerprint density at radius 3 is 2.12 bits per heavy atom. The van der Waals surface area contributed by atoms with Crippen molar-refractivity contribution in [2.45, 2.75) is 69.6 Å². The lowest BCUT2D eigenvalue weighted by molar-refractivity contribution is -0.214. The van der Waals surface area contributed by atoms with Crippen LogP contribution in [0.15, 0.2) is 30.3 Å². The molecule has 0 amide bonds. The third kappa shape index (κ3) is 1.71. The van der Waals surface area contributed by atoms with Crippen LogP contribution in [0.4, 0.5) is 0 Å². The minimum atomic E-state index is -1.81. The van der Waals surface area contributed by atoms with Gasteiger partial charge < -0.3 is 29.9 Å². The molecule has 1 aliphatic heterocycles. The Hall–Kier alpha value is -1.02. The van der Waals surface area contributed by atoms with E-state index in [1.807, 2.05) is 30.3 Å². The SMILES string of the molecule is CC1(C)C2(O)O[C@H]([C@]3(O)C(O)C3(C)C)[C@H](OCc3ccccc3)[C@]12O. The van der Waals surface area contributed by atoms with E-state index in [0.717, 1.165) is 5.56 Å². The van der Waals surface area contributed by atoms with E-state index in [1.54, 1.807) is 27.7 Å². The molecule has 2 saturated carbocycles. The minimum Gasteiger partial charge on any atom is -0.389 e. The molecule has 1 aromatic rings. The highest BCUT2D eigenvalue weighted by Crippen LogP contribution is 2.75. The van der Waals surface area contributed by atoms with E-state index in [1.165, 1.54) is 0 Å². The summed E-state index contributed by atoms with van der Waals surface area (Å²) in [7, 11) is 0. The maximum Gasteiger partial charge on any atom is 0.207 e. The van der Waals surface area contributed by atoms with Crippen molar-refractivity contribution in [3.05, 3.63) is 35.9 Å². The summed E-state index contributed by atoms with van der Waals surface area (Å²) in [6, 6.07) is 9.45. The van der Waals surface area contributed by atoms with Crippen LogP contribution < -0.4 is 0 Å². The van der Waals surface area contributed by atoms with Crippen LogP contribution in [0.3, 0.4) is 0 Å². The normalized spacial score (nSPS) is 48.9. The first-order valence-electron chi connectivity index (χ1n) is 8.65. The van der Waals surface area contributed by atoms with Gasteiger partial charge in [0.25, 0.3) is 0 Å². The smallest absolute Gasteiger partial charge is 0.207 e. The fourth-order valence-corrected chi connectivity index (χ4v) is 4.63. The highest BCUT2D eigenvalue weighted by molar-refractivity contribution is 5.40. The zero-order valence-corrected chi connectivity index (χ0v) is 14.9. The Morgan fingerprint density at radius 2 is 1.60 bits per heavy atom. The molecular weight excluding hydrogens is 324 g/mol. The molecule has 0 aromatic heterocycles. The number of rotatable bonds is 4. The summed E-state index contributed by atoms with van der Waals surface area (Å²) >= 11 is 0. The quantitative estimate of drug-likeness (QED) is 0.633. The predicted octanol–water partition coefficient (Wildman–Crippen LogP) is 0.562. The second-order valence-corrected chi connectivity index (χ2v) is 8.74. The van der Waals surface area contributed by atoms with Gasteiger partial charge in [0.1, 0.15) is 17.8 Å². The van der Waals surface area contributed by atoms with Crippen molar-refractivity contribution in [3.63, 3.8) is 0 Å². The summed E-state index contributed by atoms with van der Waals surface area (Å²) in [5.41, 5.74) is -4.06. The first-order valence-corrected chi connectivity index (χ1v) is 8.65. The molecule has 0 spiro atoms. The molecule has 0 radical (unpaired) electrons. The van der Waals surface area contributed by atoms with Crippen molar-refractivity contribution in [2.75, 3.05) is 0 Å². The van der Waals surface area contributed by atoms with Gasteiger partial charge in [0.05, 0.1) is 18.1 Å². The van der Waals surface area contributed by atoms with E-state index in [9.17, 15) is 20.4 Å². The monoisotopic (exact) mass is 350 g/mol. The van der Waals surface area contributed by atoms with Gasteiger partial charge in [-0.1, -0.05) is 58.0 Å². The summed E-state index contributed by atoms with van der Waals surface area (Å²) < 4.78 is 11.7. The number of benzene rings is 1. The van der Waals surface area contributed by atoms with Crippen LogP contribution in [0, 0.1) is 10.8 Å². The van der Waals surface area contributed by atoms with Crippen molar-refractivity contribution in [1.82, 2.24) is 0 Å². The summed E-state index contributed by atoms with van der Waals surface area (Å²) in [6.45, 7) is 7.03. The number of fused-ring (bicyclic) bond motifs is 1. The number of aliphatic hydroxyl groups is 4. The van der Waals surface area contributed by atoms with Gasteiger partial charge in [-0.2, -0.15) is 0 Å². The summed E-state index contributed by atoms with van der Waals surface area (Å²) in [4.78, 5) is 0. The maximum atomic E-state index is 11.1. The molecule has 3 fully saturated rings. The van der Waals surface area contributed by atoms with Gasteiger partial charge in [-0.3, -0.25) is 0 Å². The molecule has 138 valence electrons. The van der Waals surface area contributed by atoms with Gasteiger partial charge >= 0.3 is 0 Å². The molecule has 3 aliphatic rings. The number of hydrogen-bond acceptors (Lipinski definition) is 6. The first-order chi connectivity index (χ1) is 11.5. The highest BCUT2D eigenvalue weighted by Gasteiger charge is 2.96. The van der Waals surface area contributed by atoms with Crippen LogP contribution >= 0.6 is 0 Å². The van der Waals surface area contributed by atoms with E-state index >= 15 is 0 Å². The molecule has 1 heterocycles. The average molecular weight is 350 g/mol. The summed E-state index contributed by atoms with van der Waals surface area (Å²) in [5, 5.41) is 43.1. The fourth-order valence-electron chi connectivity index (χ4n) is 4.63. The summed E-state index contributed by atoms with van der Waals surface area (Å²) in [6.07, 6.45) is -3.00. The zero-order valence-electron chi connectivity index (χ0n) is 14.9. The standard InChI is InChI=1S/C19H26O6/c1-15(2)14(20)17(15,21)12-13(24-10-11-8-6-5-7-9-11)18(22)16(3,4)19(18,23)25-12/h5-9,12-14,20-23H,10H2,1-4H3/t12-,13-,14?,17-,18-,19?/m0/s1. The fraction of sp³-hybridized carbons (Fsp3) is 0.684. The van der Waals surface area contributed by atoms with E-state index in [2.05, 4.69) is 0 Å². The van der Waals surface area contributed by atoms with Crippen LogP contribution in [0.2, 0.25) is 0 Å². The Balaban J connectivity index is 1.64. The third-order valence-electron chi connectivity index (χ3n) is 6.99. The van der Waals surface area contributed by atoms with E-state index in [-0.39, 0.29) is 6.61 Å². The molecule has 6 nitrogen and oxygen atoms in total. The van der Waals surface area contributed by atoms with Crippen molar-refractivity contribution < 1.29 is 29.9 Å². The van der Waals surface area contributed by atoms with E-state index < -0.39 is 46.1 Å². The van der Waals surface area contributed by atoms with Crippen molar-refractivity contribution in [1.29, 1.82) is 0 Å². The third-order valence-corrected chi connectivity index (χ3v) is 6.99.